The maximum absolute atomic E-state index is 12.6. The van der Waals surface area contributed by atoms with Crippen molar-refractivity contribution in [3.8, 4) is 0 Å². The Labute approximate surface area is 123 Å². The van der Waals surface area contributed by atoms with Crippen molar-refractivity contribution >= 4 is 18.0 Å². The first-order chi connectivity index (χ1) is 9.90. The summed E-state index contributed by atoms with van der Waals surface area (Å²) in [7, 11) is 0. The Kier molecular flexibility index (Phi) is 4.43. The lowest BCUT2D eigenvalue weighted by Crippen LogP contribution is -2.55. The molecule has 21 heavy (non-hydrogen) atoms. The van der Waals surface area contributed by atoms with Crippen molar-refractivity contribution in [3.63, 3.8) is 0 Å². The molecule has 0 radical (unpaired) electrons. The number of carbonyl (C=O) groups is 2. The third kappa shape index (κ3) is 3.70. The minimum absolute atomic E-state index is 0.0612. The summed E-state index contributed by atoms with van der Waals surface area (Å²) in [6.07, 6.45) is 2.53. The van der Waals surface area contributed by atoms with Crippen molar-refractivity contribution in [1.29, 1.82) is 0 Å². The average molecular weight is 289 g/mol. The molecule has 1 N–H and O–H groups in total. The number of hydrogen-bond donors (Lipinski definition) is 1. The first-order valence-corrected chi connectivity index (χ1v) is 6.81. The number of carbonyl (C=O) groups excluding carboxylic acids is 1. The number of rotatable bonds is 3. The van der Waals surface area contributed by atoms with Crippen LogP contribution in [0.2, 0.25) is 0 Å². The van der Waals surface area contributed by atoms with Crippen molar-refractivity contribution in [2.45, 2.75) is 19.4 Å². The molecule has 5 nitrogen and oxygen atoms in total. The van der Waals surface area contributed by atoms with Crippen LogP contribution in [0.1, 0.15) is 29.8 Å². The minimum atomic E-state index is -1.01. The van der Waals surface area contributed by atoms with E-state index in [1.165, 1.54) is 6.08 Å². The summed E-state index contributed by atoms with van der Waals surface area (Å²) < 4.78 is 5.42. The van der Waals surface area contributed by atoms with E-state index >= 15 is 0 Å². The van der Waals surface area contributed by atoms with E-state index < -0.39 is 5.97 Å². The first-order valence-electron chi connectivity index (χ1n) is 6.81. The van der Waals surface area contributed by atoms with Crippen molar-refractivity contribution < 1.29 is 19.4 Å². The Morgan fingerprint density at radius 1 is 1.38 bits per heavy atom. The summed E-state index contributed by atoms with van der Waals surface area (Å²) in [5.74, 6) is -1.07. The van der Waals surface area contributed by atoms with Crippen LogP contribution in [0.25, 0.3) is 6.08 Å². The number of aliphatic carboxylic acids is 1. The highest BCUT2D eigenvalue weighted by molar-refractivity contribution is 5.95. The quantitative estimate of drug-likeness (QED) is 0.865. The lowest BCUT2D eigenvalue weighted by atomic mass is 10.00. The number of amides is 1. The van der Waals surface area contributed by atoms with Crippen molar-refractivity contribution in [2.75, 3.05) is 19.8 Å². The van der Waals surface area contributed by atoms with E-state index in [0.29, 0.717) is 30.9 Å². The largest absolute Gasteiger partial charge is 0.478 e. The Balaban J connectivity index is 2.23. The Bertz CT molecular complexity index is 577. The predicted octanol–water partition coefficient (Wildman–Crippen LogP) is 2.04. The molecule has 1 amide bonds. The van der Waals surface area contributed by atoms with Gasteiger partial charge in [0.05, 0.1) is 18.8 Å². The van der Waals surface area contributed by atoms with Crippen LogP contribution in [0, 0.1) is 0 Å². The molecular weight excluding hydrogens is 270 g/mol. The predicted molar refractivity (Wildman–Crippen MR) is 79.0 cm³/mol. The van der Waals surface area contributed by atoms with Crippen LogP contribution in [-0.4, -0.2) is 47.2 Å². The van der Waals surface area contributed by atoms with Crippen LogP contribution < -0.4 is 0 Å². The topological polar surface area (TPSA) is 66.8 Å². The lowest BCUT2D eigenvalue weighted by Gasteiger charge is -2.42. The molecule has 5 heteroatoms. The lowest BCUT2D eigenvalue weighted by molar-refractivity contribution is -0.131. The number of morpholine rings is 1. The van der Waals surface area contributed by atoms with Gasteiger partial charge in [-0.05, 0) is 37.6 Å². The highest BCUT2D eigenvalue weighted by Gasteiger charge is 2.34. The Morgan fingerprint density at radius 3 is 2.81 bits per heavy atom. The van der Waals surface area contributed by atoms with E-state index in [0.717, 1.165) is 6.08 Å². The standard InChI is InChI=1S/C16H19NO4/c1-16(2)11-21-9-8-17(16)15(20)13-5-3-4-12(10-13)6-7-14(18)19/h3-7,10H,8-9,11H2,1-2H3,(H,18,19). The van der Waals surface area contributed by atoms with Crippen LogP contribution in [0.4, 0.5) is 0 Å². The third-order valence-electron chi connectivity index (χ3n) is 3.44. The molecule has 0 spiro atoms. The van der Waals surface area contributed by atoms with E-state index in [1.807, 2.05) is 13.8 Å². The minimum Gasteiger partial charge on any atom is -0.478 e. The second-order valence-corrected chi connectivity index (χ2v) is 5.62. The van der Waals surface area contributed by atoms with Gasteiger partial charge in [0.1, 0.15) is 0 Å². The smallest absolute Gasteiger partial charge is 0.328 e. The van der Waals surface area contributed by atoms with E-state index in [-0.39, 0.29) is 11.4 Å². The summed E-state index contributed by atoms with van der Waals surface area (Å²) in [6.45, 7) is 5.54. The van der Waals surface area contributed by atoms with Crippen LogP contribution >= 0.6 is 0 Å². The molecule has 0 unspecified atom stereocenters. The van der Waals surface area contributed by atoms with Gasteiger partial charge in [0.15, 0.2) is 0 Å². The van der Waals surface area contributed by atoms with Gasteiger partial charge in [0, 0.05) is 18.2 Å². The van der Waals surface area contributed by atoms with Crippen LogP contribution in [0.15, 0.2) is 30.3 Å². The first kappa shape index (κ1) is 15.3. The fraction of sp³-hybridized carbons (Fsp3) is 0.375. The molecule has 1 aromatic rings. The van der Waals surface area contributed by atoms with E-state index in [2.05, 4.69) is 0 Å². The second kappa shape index (κ2) is 6.10. The van der Waals surface area contributed by atoms with Crippen LogP contribution in [0.5, 0.6) is 0 Å². The molecule has 112 valence electrons. The van der Waals surface area contributed by atoms with Gasteiger partial charge in [0.25, 0.3) is 5.91 Å². The van der Waals surface area contributed by atoms with Crippen molar-refractivity contribution in [3.05, 3.63) is 41.5 Å². The van der Waals surface area contributed by atoms with Crippen LogP contribution in [-0.2, 0) is 9.53 Å². The second-order valence-electron chi connectivity index (χ2n) is 5.62. The molecule has 1 aromatic carbocycles. The average Bonchev–Trinajstić information content (AvgIpc) is 2.44. The zero-order valence-electron chi connectivity index (χ0n) is 12.2. The summed E-state index contributed by atoms with van der Waals surface area (Å²) in [5.41, 5.74) is 0.897. The van der Waals surface area contributed by atoms with Gasteiger partial charge >= 0.3 is 5.97 Å². The zero-order chi connectivity index (χ0) is 15.5. The molecule has 0 saturated carbocycles. The van der Waals surface area contributed by atoms with Gasteiger partial charge in [-0.3, -0.25) is 4.79 Å². The molecule has 0 aliphatic carbocycles. The molecule has 1 fully saturated rings. The van der Waals surface area contributed by atoms with Crippen molar-refractivity contribution in [1.82, 2.24) is 4.90 Å². The fourth-order valence-corrected chi connectivity index (χ4v) is 2.33. The maximum atomic E-state index is 12.6. The maximum Gasteiger partial charge on any atom is 0.328 e. The molecule has 1 aliphatic heterocycles. The molecule has 1 heterocycles. The van der Waals surface area contributed by atoms with Gasteiger partial charge in [-0.15, -0.1) is 0 Å². The Morgan fingerprint density at radius 2 is 2.14 bits per heavy atom. The number of ether oxygens (including phenoxy) is 1. The molecule has 2 rings (SSSR count). The van der Waals surface area contributed by atoms with Gasteiger partial charge in [0.2, 0.25) is 0 Å². The molecular formula is C16H19NO4. The van der Waals surface area contributed by atoms with Gasteiger partial charge in [-0.2, -0.15) is 0 Å². The van der Waals surface area contributed by atoms with E-state index in [1.54, 1.807) is 29.2 Å². The van der Waals surface area contributed by atoms with E-state index in [9.17, 15) is 9.59 Å². The summed E-state index contributed by atoms with van der Waals surface area (Å²) in [5, 5.41) is 8.65. The van der Waals surface area contributed by atoms with Gasteiger partial charge in [-0.1, -0.05) is 12.1 Å². The number of benzene rings is 1. The molecule has 0 aromatic heterocycles. The monoisotopic (exact) mass is 289 g/mol. The fourth-order valence-electron chi connectivity index (χ4n) is 2.33. The van der Waals surface area contributed by atoms with Gasteiger partial charge < -0.3 is 14.7 Å². The van der Waals surface area contributed by atoms with Crippen molar-refractivity contribution in [2.24, 2.45) is 0 Å². The highest BCUT2D eigenvalue weighted by atomic mass is 16.5. The summed E-state index contributed by atoms with van der Waals surface area (Å²) in [4.78, 5) is 25.0. The SMILES string of the molecule is CC1(C)COCCN1C(=O)c1cccc(C=CC(=O)O)c1. The molecule has 0 bridgehead atoms. The molecule has 1 saturated heterocycles. The summed E-state index contributed by atoms with van der Waals surface area (Å²) >= 11 is 0. The number of carboxylic acid groups (broad SMARTS) is 1. The molecule has 0 atom stereocenters. The van der Waals surface area contributed by atoms with Crippen LogP contribution in [0.3, 0.4) is 0 Å². The third-order valence-corrected chi connectivity index (χ3v) is 3.44. The Hall–Kier alpha value is -2.14. The molecule has 1 aliphatic rings. The number of nitrogens with zero attached hydrogens (tertiary/aromatic N) is 1. The highest BCUT2D eigenvalue weighted by Crippen LogP contribution is 2.22. The van der Waals surface area contributed by atoms with Gasteiger partial charge in [-0.25, -0.2) is 4.79 Å². The summed E-state index contributed by atoms with van der Waals surface area (Å²) in [6, 6.07) is 6.96. The number of carboxylic acids is 1. The van der Waals surface area contributed by atoms with E-state index in [4.69, 9.17) is 9.84 Å². The number of hydrogen-bond acceptors (Lipinski definition) is 3. The normalized spacial score (nSPS) is 17.9. The zero-order valence-corrected chi connectivity index (χ0v) is 12.2.